The molecular weight excluding hydrogens is 290 g/mol. The van der Waals surface area contributed by atoms with Crippen molar-refractivity contribution < 1.29 is 12.8 Å². The van der Waals surface area contributed by atoms with E-state index in [-0.39, 0.29) is 6.04 Å². The first-order valence-corrected chi connectivity index (χ1v) is 9.02. The van der Waals surface area contributed by atoms with Crippen LogP contribution in [0.1, 0.15) is 38.5 Å². The summed E-state index contributed by atoms with van der Waals surface area (Å²) < 4.78 is 34.1. The summed E-state index contributed by atoms with van der Waals surface area (Å²) in [5.41, 5.74) is 0. The molecule has 1 aliphatic rings. The minimum absolute atomic E-state index is 0.0547. The molecule has 2 heterocycles. The fourth-order valence-corrected chi connectivity index (χ4v) is 3.52. The van der Waals surface area contributed by atoms with Gasteiger partial charge in [-0.1, -0.05) is 13.8 Å². The molecule has 0 aromatic carbocycles. The van der Waals surface area contributed by atoms with E-state index < -0.39 is 10.2 Å². The molecule has 1 aromatic rings. The zero-order valence-corrected chi connectivity index (χ0v) is 13.5. The van der Waals surface area contributed by atoms with E-state index in [0.717, 1.165) is 37.6 Å². The molecule has 1 unspecified atom stereocenters. The van der Waals surface area contributed by atoms with Crippen molar-refractivity contribution in [1.82, 2.24) is 14.3 Å². The van der Waals surface area contributed by atoms with Gasteiger partial charge in [-0.2, -0.15) is 8.42 Å². The van der Waals surface area contributed by atoms with Crippen molar-refractivity contribution in [2.24, 2.45) is 5.92 Å². The van der Waals surface area contributed by atoms with E-state index in [1.54, 1.807) is 13.2 Å². The number of hydrogen-bond donors (Lipinski definition) is 2. The molecule has 1 fully saturated rings. The van der Waals surface area contributed by atoms with Crippen molar-refractivity contribution in [2.75, 3.05) is 26.2 Å². The molecule has 1 aliphatic heterocycles. The first kappa shape index (κ1) is 16.5. The number of piperidine rings is 1. The summed E-state index contributed by atoms with van der Waals surface area (Å²) in [6, 6.07) is 3.69. The summed E-state index contributed by atoms with van der Waals surface area (Å²) in [7, 11) is -3.44. The Hall–Kier alpha value is -0.890. The molecule has 6 nitrogen and oxygen atoms in total. The van der Waals surface area contributed by atoms with Crippen LogP contribution in [0.2, 0.25) is 0 Å². The molecule has 2 rings (SSSR count). The van der Waals surface area contributed by atoms with Crippen molar-refractivity contribution in [3.05, 3.63) is 24.2 Å². The average Bonchev–Trinajstić information content (AvgIpc) is 2.95. The van der Waals surface area contributed by atoms with Gasteiger partial charge < -0.3 is 4.42 Å². The average molecular weight is 315 g/mol. The van der Waals surface area contributed by atoms with E-state index in [4.69, 9.17) is 4.42 Å². The van der Waals surface area contributed by atoms with Crippen molar-refractivity contribution in [3.63, 3.8) is 0 Å². The van der Waals surface area contributed by atoms with Crippen LogP contribution in [0.25, 0.3) is 0 Å². The maximum Gasteiger partial charge on any atom is 0.276 e. The van der Waals surface area contributed by atoms with Gasteiger partial charge in [0, 0.05) is 13.1 Å². The molecule has 0 spiro atoms. The quantitative estimate of drug-likeness (QED) is 0.799. The third-order valence-electron chi connectivity index (χ3n) is 3.93. The molecule has 1 saturated heterocycles. The molecule has 1 aromatic heterocycles. The Morgan fingerprint density at radius 2 is 2.10 bits per heavy atom. The predicted octanol–water partition coefficient (Wildman–Crippen LogP) is 1.50. The van der Waals surface area contributed by atoms with Crippen molar-refractivity contribution in [1.29, 1.82) is 0 Å². The maximum atomic E-state index is 11.8. The first-order chi connectivity index (χ1) is 10.0. The lowest BCUT2D eigenvalue weighted by Gasteiger charge is -2.35. The van der Waals surface area contributed by atoms with Crippen LogP contribution in [0.5, 0.6) is 0 Å². The van der Waals surface area contributed by atoms with Crippen LogP contribution < -0.4 is 9.44 Å². The number of rotatable bonds is 7. The third kappa shape index (κ3) is 4.81. The number of nitrogens with one attached hydrogen (secondary N) is 2. The second kappa shape index (κ2) is 7.40. The third-order valence-corrected chi connectivity index (χ3v) is 5.15. The van der Waals surface area contributed by atoms with Crippen LogP contribution in [0.15, 0.2) is 22.8 Å². The molecule has 21 heavy (non-hydrogen) atoms. The molecule has 0 bridgehead atoms. The SMILES string of the molecule is CCNS(=O)(=O)NCC(c1ccco1)N1CCC(C)CC1. The van der Waals surface area contributed by atoms with Gasteiger partial charge in [0.1, 0.15) is 5.76 Å². The van der Waals surface area contributed by atoms with Gasteiger partial charge in [0.25, 0.3) is 10.2 Å². The Morgan fingerprint density at radius 3 is 2.67 bits per heavy atom. The predicted molar refractivity (Wildman–Crippen MR) is 82.0 cm³/mol. The summed E-state index contributed by atoms with van der Waals surface area (Å²) in [5.74, 6) is 1.54. The van der Waals surface area contributed by atoms with Gasteiger partial charge in [-0.3, -0.25) is 4.90 Å². The highest BCUT2D eigenvalue weighted by Gasteiger charge is 2.27. The number of hydrogen-bond acceptors (Lipinski definition) is 4. The molecule has 7 heteroatoms. The van der Waals surface area contributed by atoms with Crippen LogP contribution in [0.3, 0.4) is 0 Å². The summed E-state index contributed by atoms with van der Waals surface area (Å²) in [6.45, 7) is 6.65. The summed E-state index contributed by atoms with van der Waals surface area (Å²) in [5, 5.41) is 0. The van der Waals surface area contributed by atoms with Crippen LogP contribution in [-0.4, -0.2) is 39.5 Å². The fraction of sp³-hybridized carbons (Fsp3) is 0.714. The molecule has 120 valence electrons. The summed E-state index contributed by atoms with van der Waals surface area (Å²) in [6.07, 6.45) is 3.90. The topological polar surface area (TPSA) is 74.6 Å². The van der Waals surface area contributed by atoms with Gasteiger partial charge in [-0.25, -0.2) is 9.44 Å². The molecule has 1 atom stereocenters. The Labute approximate surface area is 127 Å². The maximum absolute atomic E-state index is 11.8. The van der Waals surface area contributed by atoms with Gasteiger partial charge in [0.2, 0.25) is 0 Å². The van der Waals surface area contributed by atoms with Crippen LogP contribution >= 0.6 is 0 Å². The zero-order chi connectivity index (χ0) is 15.3. The summed E-state index contributed by atoms with van der Waals surface area (Å²) >= 11 is 0. The largest absolute Gasteiger partial charge is 0.468 e. The first-order valence-electron chi connectivity index (χ1n) is 7.53. The lowest BCUT2D eigenvalue weighted by Crippen LogP contribution is -2.44. The Morgan fingerprint density at radius 1 is 1.38 bits per heavy atom. The minimum atomic E-state index is -3.44. The highest BCUT2D eigenvalue weighted by atomic mass is 32.2. The highest BCUT2D eigenvalue weighted by molar-refractivity contribution is 7.87. The molecule has 0 saturated carbocycles. The van der Waals surface area contributed by atoms with Crippen molar-refractivity contribution >= 4 is 10.2 Å². The van der Waals surface area contributed by atoms with E-state index in [2.05, 4.69) is 21.3 Å². The van der Waals surface area contributed by atoms with Crippen molar-refractivity contribution in [2.45, 2.75) is 32.7 Å². The smallest absolute Gasteiger partial charge is 0.276 e. The molecule has 0 radical (unpaired) electrons. The van der Waals surface area contributed by atoms with E-state index >= 15 is 0 Å². The van der Waals surface area contributed by atoms with Gasteiger partial charge in [-0.15, -0.1) is 0 Å². The lowest BCUT2D eigenvalue weighted by molar-refractivity contribution is 0.124. The van der Waals surface area contributed by atoms with E-state index in [9.17, 15) is 8.42 Å². The van der Waals surface area contributed by atoms with Gasteiger partial charge in [-0.05, 0) is 44.0 Å². The minimum Gasteiger partial charge on any atom is -0.468 e. The number of nitrogens with zero attached hydrogens (tertiary/aromatic N) is 1. The van der Waals surface area contributed by atoms with E-state index in [0.29, 0.717) is 13.1 Å². The molecule has 2 N–H and O–H groups in total. The Balaban J connectivity index is 2.03. The number of furan rings is 1. The molecule has 0 aliphatic carbocycles. The second-order valence-electron chi connectivity index (χ2n) is 5.60. The summed E-state index contributed by atoms with van der Waals surface area (Å²) in [4.78, 5) is 2.30. The van der Waals surface area contributed by atoms with Gasteiger partial charge in [0.05, 0.1) is 12.3 Å². The highest BCUT2D eigenvalue weighted by Crippen LogP contribution is 2.26. The van der Waals surface area contributed by atoms with E-state index in [1.165, 1.54) is 0 Å². The van der Waals surface area contributed by atoms with Crippen LogP contribution in [0.4, 0.5) is 0 Å². The van der Waals surface area contributed by atoms with Crippen LogP contribution in [0, 0.1) is 5.92 Å². The van der Waals surface area contributed by atoms with Gasteiger partial charge in [0.15, 0.2) is 0 Å². The van der Waals surface area contributed by atoms with E-state index in [1.807, 2.05) is 12.1 Å². The zero-order valence-electron chi connectivity index (χ0n) is 12.7. The molecule has 0 amide bonds. The number of likely N-dealkylation sites (tertiary alicyclic amines) is 1. The second-order valence-corrected chi connectivity index (χ2v) is 7.18. The van der Waals surface area contributed by atoms with Crippen molar-refractivity contribution in [3.8, 4) is 0 Å². The Bertz CT molecular complexity index is 508. The lowest BCUT2D eigenvalue weighted by atomic mass is 9.97. The fourth-order valence-electron chi connectivity index (χ4n) is 2.66. The monoisotopic (exact) mass is 315 g/mol. The standard InChI is InChI=1S/C14H25N3O3S/c1-3-15-21(18,19)16-11-13(14-5-4-10-20-14)17-8-6-12(2)7-9-17/h4-5,10,12-13,15-16H,3,6-9,11H2,1-2H3. The van der Waals surface area contributed by atoms with Gasteiger partial charge >= 0.3 is 0 Å². The normalized spacial score (nSPS) is 19.7. The van der Waals surface area contributed by atoms with Crippen LogP contribution in [-0.2, 0) is 10.2 Å². The molecular formula is C14H25N3O3S. The Kier molecular flexibility index (Phi) is 5.80.